The predicted octanol–water partition coefficient (Wildman–Crippen LogP) is 4.02. The zero-order valence-corrected chi connectivity index (χ0v) is 17.5. The first kappa shape index (κ1) is 19.1. The van der Waals surface area contributed by atoms with Gasteiger partial charge in [-0.25, -0.2) is 4.57 Å². The van der Waals surface area contributed by atoms with Gasteiger partial charge in [0.2, 0.25) is 0 Å². The van der Waals surface area contributed by atoms with Gasteiger partial charge in [0.15, 0.2) is 0 Å². The number of rotatable bonds is 7. The van der Waals surface area contributed by atoms with E-state index >= 15 is 0 Å². The van der Waals surface area contributed by atoms with Crippen LogP contribution in [0, 0.1) is 0 Å². The van der Waals surface area contributed by atoms with E-state index < -0.39 is 0 Å². The van der Waals surface area contributed by atoms with Gasteiger partial charge in [0.05, 0.1) is 16.9 Å². The Bertz CT molecular complexity index is 1130. The van der Waals surface area contributed by atoms with Crippen molar-refractivity contribution in [1.29, 1.82) is 0 Å². The highest BCUT2D eigenvalue weighted by molar-refractivity contribution is 7.21. The highest BCUT2D eigenvalue weighted by Gasteiger charge is 2.19. The molecule has 0 amide bonds. The molecular weight excluding hydrogens is 386 g/mol. The van der Waals surface area contributed by atoms with E-state index in [2.05, 4.69) is 70.1 Å². The average molecular weight is 410 g/mol. The summed E-state index contributed by atoms with van der Waals surface area (Å²) in [6.07, 6.45) is 2.71. The van der Waals surface area contributed by atoms with Crippen molar-refractivity contribution in [3.05, 3.63) is 64.8 Å². The van der Waals surface area contributed by atoms with Gasteiger partial charge in [-0.2, -0.15) is 0 Å². The standard InChI is InChI=1S/C22H23N3OS2/c1-24-19(17-10-4-2-5-11-17)16-27-21(24)23-22-25(14-8-3-9-15-26)18-12-6-7-13-20(18)28-22/h2,4-7,10-13,16H,3,8-9,14-15H2,1H3. The number of aryl methyl sites for hydroxylation is 1. The van der Waals surface area contributed by atoms with Crippen LogP contribution >= 0.6 is 22.7 Å². The molecule has 6 heteroatoms. The topological polar surface area (TPSA) is 44.2 Å². The number of thiazole rings is 2. The molecule has 28 heavy (non-hydrogen) atoms. The van der Waals surface area contributed by atoms with Crippen LogP contribution in [0.5, 0.6) is 0 Å². The molecule has 0 spiro atoms. The summed E-state index contributed by atoms with van der Waals surface area (Å²) >= 11 is 3.39. The number of unbranched alkanes of at least 4 members (excludes halogenated alkanes) is 2. The Morgan fingerprint density at radius 1 is 1.00 bits per heavy atom. The summed E-state index contributed by atoms with van der Waals surface area (Å²) in [5.41, 5.74) is 3.59. The lowest BCUT2D eigenvalue weighted by Crippen LogP contribution is -2.33. The Morgan fingerprint density at radius 2 is 1.79 bits per heavy atom. The van der Waals surface area contributed by atoms with Crippen LogP contribution in [0.4, 0.5) is 5.13 Å². The fourth-order valence-electron chi connectivity index (χ4n) is 3.29. The van der Waals surface area contributed by atoms with Crippen LogP contribution in [0.1, 0.15) is 19.3 Å². The summed E-state index contributed by atoms with van der Waals surface area (Å²) in [5.74, 6) is 0. The number of nitrogens with zero attached hydrogens (tertiary/aromatic N) is 3. The van der Waals surface area contributed by atoms with Crippen LogP contribution in [0.2, 0.25) is 0 Å². The van der Waals surface area contributed by atoms with Crippen molar-refractivity contribution >= 4 is 38.0 Å². The lowest BCUT2D eigenvalue weighted by Gasteiger charge is -2.03. The minimum atomic E-state index is 0.0135. The van der Waals surface area contributed by atoms with Gasteiger partial charge in [0.25, 0.3) is 0 Å². The Hall–Kier alpha value is -2.28. The van der Waals surface area contributed by atoms with E-state index in [0.29, 0.717) is 0 Å². The van der Waals surface area contributed by atoms with E-state index in [4.69, 9.17) is 4.99 Å². The van der Waals surface area contributed by atoms with Crippen LogP contribution in [0.3, 0.4) is 0 Å². The molecule has 0 atom stereocenters. The zero-order valence-electron chi connectivity index (χ0n) is 15.9. The van der Waals surface area contributed by atoms with Crippen LogP contribution in [-0.4, -0.2) is 11.2 Å². The normalized spacial score (nSPS) is 12.1. The number of para-hydroxylation sites is 1. The quantitative estimate of drug-likeness (QED) is 0.336. The first-order valence-electron chi connectivity index (χ1n) is 9.52. The van der Waals surface area contributed by atoms with Crippen LogP contribution in [0.25, 0.3) is 21.5 Å². The average Bonchev–Trinajstić information content (AvgIpc) is 3.27. The van der Waals surface area contributed by atoms with Crippen molar-refractivity contribution in [2.75, 3.05) is 6.61 Å². The van der Waals surface area contributed by atoms with Crippen molar-refractivity contribution in [3.63, 3.8) is 0 Å². The SMILES string of the molecule is Cn1c(-c2ccccc2)cs/c1=N/c1sc2ccccc2[n+]1CCCCC[O-]. The van der Waals surface area contributed by atoms with Gasteiger partial charge in [0.1, 0.15) is 5.52 Å². The van der Waals surface area contributed by atoms with Gasteiger partial charge >= 0.3 is 9.93 Å². The molecule has 4 rings (SSSR count). The molecule has 0 radical (unpaired) electrons. The Morgan fingerprint density at radius 3 is 2.61 bits per heavy atom. The lowest BCUT2D eigenvalue weighted by molar-refractivity contribution is -0.655. The summed E-state index contributed by atoms with van der Waals surface area (Å²) in [4.78, 5) is 6.01. The zero-order chi connectivity index (χ0) is 19.3. The molecule has 2 aromatic carbocycles. The molecule has 0 unspecified atom stereocenters. The smallest absolute Gasteiger partial charge is 0.386 e. The van der Waals surface area contributed by atoms with Crippen LogP contribution in [0.15, 0.2) is 65.0 Å². The van der Waals surface area contributed by atoms with Gasteiger partial charge in [-0.1, -0.05) is 66.6 Å². The minimum absolute atomic E-state index is 0.0135. The van der Waals surface area contributed by atoms with E-state index in [-0.39, 0.29) is 6.61 Å². The molecule has 4 aromatic rings. The molecule has 0 aliphatic rings. The van der Waals surface area contributed by atoms with Crippen molar-refractivity contribution < 1.29 is 9.67 Å². The second-order valence-electron chi connectivity index (χ2n) is 6.71. The van der Waals surface area contributed by atoms with E-state index in [0.717, 1.165) is 35.7 Å². The fourth-order valence-corrected chi connectivity index (χ4v) is 5.32. The minimum Gasteiger partial charge on any atom is -0.854 e. The van der Waals surface area contributed by atoms with Gasteiger partial charge in [0, 0.05) is 17.4 Å². The lowest BCUT2D eigenvalue weighted by atomic mass is 10.2. The summed E-state index contributed by atoms with van der Waals surface area (Å²) in [5, 5.41) is 13.9. The molecule has 0 aliphatic carbocycles. The maximum absolute atomic E-state index is 10.7. The third-order valence-electron chi connectivity index (χ3n) is 4.80. The monoisotopic (exact) mass is 409 g/mol. The summed E-state index contributed by atoms with van der Waals surface area (Å²) in [6.45, 7) is 0.906. The van der Waals surface area contributed by atoms with E-state index in [1.165, 1.54) is 21.5 Å². The molecule has 0 aliphatic heterocycles. The Balaban J connectivity index is 1.74. The molecule has 0 saturated heterocycles. The van der Waals surface area contributed by atoms with Gasteiger partial charge in [-0.3, -0.25) is 4.57 Å². The van der Waals surface area contributed by atoms with Crippen LogP contribution in [-0.2, 0) is 13.6 Å². The second kappa shape index (κ2) is 8.82. The third kappa shape index (κ3) is 3.94. The summed E-state index contributed by atoms with van der Waals surface area (Å²) in [6, 6.07) is 18.9. The van der Waals surface area contributed by atoms with Crippen molar-refractivity contribution in [2.24, 2.45) is 12.0 Å². The third-order valence-corrected chi connectivity index (χ3v) is 6.78. The molecular formula is C22H23N3OS2. The van der Waals surface area contributed by atoms with E-state index in [9.17, 15) is 5.11 Å². The highest BCUT2D eigenvalue weighted by atomic mass is 32.1. The van der Waals surface area contributed by atoms with Gasteiger partial charge < -0.3 is 5.11 Å². The first-order valence-corrected chi connectivity index (χ1v) is 11.2. The number of hydrogen-bond acceptors (Lipinski definition) is 4. The molecule has 0 saturated carbocycles. The molecule has 2 heterocycles. The largest absolute Gasteiger partial charge is 0.854 e. The summed E-state index contributed by atoms with van der Waals surface area (Å²) in [7, 11) is 2.07. The second-order valence-corrected chi connectivity index (χ2v) is 8.55. The number of hydrogen-bond donors (Lipinski definition) is 0. The Labute approximate surface area is 172 Å². The fraction of sp³-hybridized carbons (Fsp3) is 0.273. The number of benzene rings is 2. The predicted molar refractivity (Wildman–Crippen MR) is 115 cm³/mol. The van der Waals surface area contributed by atoms with Crippen molar-refractivity contribution in [3.8, 4) is 11.3 Å². The molecule has 4 nitrogen and oxygen atoms in total. The Kier molecular flexibility index (Phi) is 6.00. The molecule has 2 aromatic heterocycles. The summed E-state index contributed by atoms with van der Waals surface area (Å²) < 4.78 is 5.70. The first-order chi connectivity index (χ1) is 13.8. The van der Waals surface area contributed by atoms with Crippen LogP contribution < -0.4 is 14.5 Å². The maximum atomic E-state index is 10.7. The molecule has 0 fully saturated rings. The molecule has 144 valence electrons. The number of aromatic nitrogens is 2. The number of fused-ring (bicyclic) bond motifs is 1. The van der Waals surface area contributed by atoms with Gasteiger partial charge in [-0.15, -0.1) is 6.61 Å². The van der Waals surface area contributed by atoms with E-state index in [1.807, 2.05) is 6.07 Å². The van der Waals surface area contributed by atoms with Gasteiger partial charge in [-0.05, 0) is 35.5 Å². The van der Waals surface area contributed by atoms with Crippen molar-refractivity contribution in [2.45, 2.75) is 25.8 Å². The maximum Gasteiger partial charge on any atom is 0.386 e. The highest BCUT2D eigenvalue weighted by Crippen LogP contribution is 2.26. The molecule has 0 bridgehead atoms. The molecule has 0 N–H and O–H groups in total. The van der Waals surface area contributed by atoms with E-state index in [1.54, 1.807) is 22.7 Å². The van der Waals surface area contributed by atoms with Crippen molar-refractivity contribution in [1.82, 2.24) is 4.57 Å².